The molecule has 0 spiro atoms. The molecule has 7 nitrogen and oxygen atoms in total. The van der Waals surface area contributed by atoms with Gasteiger partial charge >= 0.3 is 0 Å². The lowest BCUT2D eigenvalue weighted by atomic mass is 9.92. The van der Waals surface area contributed by atoms with E-state index in [9.17, 15) is 0 Å². The third kappa shape index (κ3) is 2.87. The first-order chi connectivity index (χ1) is 11.3. The van der Waals surface area contributed by atoms with Gasteiger partial charge in [0, 0.05) is 17.8 Å². The molecule has 1 aromatic carbocycles. The molecule has 2 aromatic heterocycles. The molecule has 3 aromatic rings. The fraction of sp³-hybridized carbons (Fsp3) is 0.375. The second-order valence-electron chi connectivity index (χ2n) is 6.05. The molecule has 0 unspecified atom stereocenters. The normalized spacial score (nSPS) is 18.6. The van der Waals surface area contributed by atoms with E-state index in [0.29, 0.717) is 12.1 Å². The molecule has 2 heterocycles. The molecule has 1 aliphatic carbocycles. The van der Waals surface area contributed by atoms with Gasteiger partial charge in [-0.2, -0.15) is 5.10 Å². The first-order valence-corrected chi connectivity index (χ1v) is 7.90. The summed E-state index contributed by atoms with van der Waals surface area (Å²) in [7, 11) is 0. The molecule has 0 fully saturated rings. The third-order valence-corrected chi connectivity index (χ3v) is 4.51. The van der Waals surface area contributed by atoms with Crippen LogP contribution in [0.4, 0.5) is 0 Å². The van der Waals surface area contributed by atoms with Crippen molar-refractivity contribution in [1.82, 2.24) is 35.7 Å². The van der Waals surface area contributed by atoms with E-state index in [1.54, 1.807) is 11.0 Å². The number of fused-ring (bicyclic) bond motifs is 1. The molecule has 2 atom stereocenters. The summed E-state index contributed by atoms with van der Waals surface area (Å²) in [5, 5.41) is 22.2. The van der Waals surface area contributed by atoms with Crippen molar-refractivity contribution in [3.05, 3.63) is 53.6 Å². The summed E-state index contributed by atoms with van der Waals surface area (Å²) in [5.74, 6) is 0. The van der Waals surface area contributed by atoms with Gasteiger partial charge in [0.05, 0.1) is 11.9 Å². The first-order valence-electron chi connectivity index (χ1n) is 7.90. The highest BCUT2D eigenvalue weighted by molar-refractivity contribution is 5.34. The number of aromatic amines is 1. The first kappa shape index (κ1) is 14.1. The standard InChI is InChI=1S/C16H19N7/c1-11(19-14-4-7-16-13(8-14)9-17-20-16)12-2-5-15(6-3-12)23-10-18-21-22-23/h2-3,5-6,9-11,14,19H,4,7-8H2,1H3,(H,17,20)/t11-,14+/m0/s1. The summed E-state index contributed by atoms with van der Waals surface area (Å²) in [4.78, 5) is 0. The van der Waals surface area contributed by atoms with Crippen LogP contribution in [0.15, 0.2) is 36.8 Å². The number of tetrazole rings is 1. The van der Waals surface area contributed by atoms with Crippen LogP contribution in [0, 0.1) is 0 Å². The highest BCUT2D eigenvalue weighted by Gasteiger charge is 2.21. The fourth-order valence-electron chi connectivity index (χ4n) is 3.20. The zero-order chi connectivity index (χ0) is 15.6. The van der Waals surface area contributed by atoms with E-state index in [1.165, 1.54) is 16.8 Å². The number of H-pyrrole nitrogens is 1. The van der Waals surface area contributed by atoms with Crippen molar-refractivity contribution < 1.29 is 0 Å². The van der Waals surface area contributed by atoms with Crippen LogP contribution < -0.4 is 5.32 Å². The van der Waals surface area contributed by atoms with E-state index in [4.69, 9.17) is 0 Å². The van der Waals surface area contributed by atoms with Crippen LogP contribution in [0.1, 0.15) is 36.2 Å². The molecular formula is C16H19N7. The van der Waals surface area contributed by atoms with Gasteiger partial charge in [0.25, 0.3) is 0 Å². The second kappa shape index (κ2) is 5.92. The van der Waals surface area contributed by atoms with E-state index >= 15 is 0 Å². The maximum absolute atomic E-state index is 4.14. The van der Waals surface area contributed by atoms with E-state index < -0.39 is 0 Å². The summed E-state index contributed by atoms with van der Waals surface area (Å²) in [6.07, 6.45) is 6.80. The van der Waals surface area contributed by atoms with Gasteiger partial charge in [-0.15, -0.1) is 5.10 Å². The smallest absolute Gasteiger partial charge is 0.143 e. The van der Waals surface area contributed by atoms with Gasteiger partial charge in [0.1, 0.15) is 6.33 Å². The lowest BCUT2D eigenvalue weighted by Crippen LogP contribution is -2.36. The second-order valence-corrected chi connectivity index (χ2v) is 6.05. The van der Waals surface area contributed by atoms with Crippen LogP contribution in [-0.2, 0) is 12.8 Å². The zero-order valence-corrected chi connectivity index (χ0v) is 13.0. The Labute approximate surface area is 134 Å². The Balaban J connectivity index is 1.42. The number of nitrogens with one attached hydrogen (secondary N) is 2. The molecule has 118 valence electrons. The van der Waals surface area contributed by atoms with Crippen molar-refractivity contribution in [2.24, 2.45) is 0 Å². The molecule has 23 heavy (non-hydrogen) atoms. The highest BCUT2D eigenvalue weighted by atomic mass is 15.5. The summed E-state index contributed by atoms with van der Waals surface area (Å²) in [6, 6.07) is 9.13. The van der Waals surface area contributed by atoms with Gasteiger partial charge in [0.2, 0.25) is 0 Å². The summed E-state index contributed by atoms with van der Waals surface area (Å²) < 4.78 is 1.66. The number of nitrogens with zero attached hydrogens (tertiary/aromatic N) is 5. The Kier molecular flexibility index (Phi) is 3.63. The average Bonchev–Trinajstić information content (AvgIpc) is 3.26. The molecule has 4 rings (SSSR count). The number of hydrogen-bond donors (Lipinski definition) is 2. The van der Waals surface area contributed by atoms with Gasteiger partial charge in [-0.05, 0) is 59.9 Å². The third-order valence-electron chi connectivity index (χ3n) is 4.51. The molecule has 0 saturated carbocycles. The Hall–Kier alpha value is -2.54. The van der Waals surface area contributed by atoms with Crippen LogP contribution in [0.2, 0.25) is 0 Å². The number of hydrogen-bond acceptors (Lipinski definition) is 5. The van der Waals surface area contributed by atoms with E-state index in [1.807, 2.05) is 18.3 Å². The Bertz CT molecular complexity index is 760. The summed E-state index contributed by atoms with van der Waals surface area (Å²) in [5.41, 5.74) is 4.86. The largest absolute Gasteiger partial charge is 0.307 e. The number of aryl methyl sites for hydroxylation is 1. The minimum Gasteiger partial charge on any atom is -0.307 e. The molecule has 0 radical (unpaired) electrons. The summed E-state index contributed by atoms with van der Waals surface area (Å²) >= 11 is 0. The maximum atomic E-state index is 4.14. The van der Waals surface area contributed by atoms with E-state index in [0.717, 1.165) is 24.9 Å². The van der Waals surface area contributed by atoms with Crippen molar-refractivity contribution >= 4 is 0 Å². The molecule has 2 N–H and O–H groups in total. The molecule has 0 saturated heterocycles. The lowest BCUT2D eigenvalue weighted by molar-refractivity contribution is 0.412. The minimum atomic E-state index is 0.302. The maximum Gasteiger partial charge on any atom is 0.143 e. The van der Waals surface area contributed by atoms with Crippen LogP contribution in [0.3, 0.4) is 0 Å². The Morgan fingerprint density at radius 2 is 2.17 bits per heavy atom. The van der Waals surface area contributed by atoms with Crippen molar-refractivity contribution in [3.63, 3.8) is 0 Å². The Morgan fingerprint density at radius 3 is 2.96 bits per heavy atom. The van der Waals surface area contributed by atoms with Gasteiger partial charge in [-0.25, -0.2) is 4.68 Å². The van der Waals surface area contributed by atoms with Crippen LogP contribution in [0.5, 0.6) is 0 Å². The predicted molar refractivity (Wildman–Crippen MR) is 85.1 cm³/mol. The fourth-order valence-corrected chi connectivity index (χ4v) is 3.20. The van der Waals surface area contributed by atoms with Crippen molar-refractivity contribution in [3.8, 4) is 5.69 Å². The quantitative estimate of drug-likeness (QED) is 0.764. The van der Waals surface area contributed by atoms with Crippen LogP contribution in [0.25, 0.3) is 5.69 Å². The van der Waals surface area contributed by atoms with Gasteiger partial charge in [-0.3, -0.25) is 5.10 Å². The molecular weight excluding hydrogens is 290 g/mol. The number of rotatable bonds is 4. The molecule has 0 amide bonds. The number of benzene rings is 1. The lowest BCUT2D eigenvalue weighted by Gasteiger charge is -2.26. The van der Waals surface area contributed by atoms with E-state index in [-0.39, 0.29) is 0 Å². The number of aromatic nitrogens is 6. The molecule has 7 heteroatoms. The molecule has 0 bridgehead atoms. The highest BCUT2D eigenvalue weighted by Crippen LogP contribution is 2.22. The Morgan fingerprint density at radius 1 is 1.30 bits per heavy atom. The van der Waals surface area contributed by atoms with E-state index in [2.05, 4.69) is 50.1 Å². The minimum absolute atomic E-state index is 0.302. The average molecular weight is 309 g/mol. The summed E-state index contributed by atoms with van der Waals surface area (Å²) in [6.45, 7) is 2.21. The SMILES string of the molecule is C[C@H](N[C@@H]1CCc2[nH]ncc2C1)c1ccc(-n2cnnn2)cc1. The van der Waals surface area contributed by atoms with Gasteiger partial charge < -0.3 is 5.32 Å². The van der Waals surface area contributed by atoms with Crippen molar-refractivity contribution in [1.29, 1.82) is 0 Å². The van der Waals surface area contributed by atoms with Crippen LogP contribution in [-0.4, -0.2) is 36.4 Å². The molecule has 1 aliphatic rings. The van der Waals surface area contributed by atoms with Crippen LogP contribution >= 0.6 is 0 Å². The molecule has 0 aliphatic heterocycles. The van der Waals surface area contributed by atoms with Gasteiger partial charge in [0.15, 0.2) is 0 Å². The predicted octanol–water partition coefficient (Wildman–Crippen LogP) is 1.59. The zero-order valence-electron chi connectivity index (χ0n) is 13.0. The van der Waals surface area contributed by atoms with Crippen molar-refractivity contribution in [2.45, 2.75) is 38.3 Å². The van der Waals surface area contributed by atoms with Gasteiger partial charge in [-0.1, -0.05) is 12.1 Å². The monoisotopic (exact) mass is 309 g/mol. The van der Waals surface area contributed by atoms with Crippen molar-refractivity contribution in [2.75, 3.05) is 0 Å². The topological polar surface area (TPSA) is 84.3 Å².